The number of hydrogen-bond acceptors (Lipinski definition) is 6. The number of amides is 1. The van der Waals surface area contributed by atoms with Crippen LogP contribution in [0.4, 0.5) is 0 Å². The molecule has 1 amide bonds. The number of rotatable bonds is 11. The van der Waals surface area contributed by atoms with E-state index < -0.39 is 24.0 Å². The summed E-state index contributed by atoms with van der Waals surface area (Å²) in [5, 5.41) is 20.7. The summed E-state index contributed by atoms with van der Waals surface area (Å²) in [6.07, 6.45) is -0.673. The lowest BCUT2D eigenvalue weighted by molar-refractivity contribution is -0.140. The van der Waals surface area contributed by atoms with Gasteiger partial charge in [-0.3, -0.25) is 4.79 Å². The molecule has 0 saturated carbocycles. The molecule has 8 heteroatoms. The molecule has 19 heavy (non-hydrogen) atoms. The fraction of sp³-hybridized carbons (Fsp3) is 0.818. The molecule has 0 spiro atoms. The minimum absolute atomic E-state index is 0.175. The lowest BCUT2D eigenvalue weighted by Gasteiger charge is -2.14. The Morgan fingerprint density at radius 1 is 1.32 bits per heavy atom. The third-order valence-corrected chi connectivity index (χ3v) is 3.20. The van der Waals surface area contributed by atoms with Gasteiger partial charge in [-0.05, 0) is 0 Å². The maximum Gasteiger partial charge on any atom is 0.327 e. The van der Waals surface area contributed by atoms with Gasteiger partial charge < -0.3 is 25.0 Å². The van der Waals surface area contributed by atoms with Crippen molar-refractivity contribution >= 4 is 23.6 Å². The molecule has 7 nitrogen and oxygen atoms in total. The van der Waals surface area contributed by atoms with Crippen molar-refractivity contribution < 1.29 is 29.3 Å². The van der Waals surface area contributed by atoms with Crippen molar-refractivity contribution in [1.29, 1.82) is 0 Å². The number of hydrogen-bond donors (Lipinski definition) is 3. The standard InChI is InChI=1S/C11H21NO6S/c1-8(13)12-10(11(15)16)7-19-6-9(14)5-18-4-3-17-2/h9-10,14H,3-7H2,1-2H3,(H,12,13)(H,15,16). The van der Waals surface area contributed by atoms with E-state index >= 15 is 0 Å². The molecule has 3 N–H and O–H groups in total. The van der Waals surface area contributed by atoms with Gasteiger partial charge in [0.1, 0.15) is 6.04 Å². The SMILES string of the molecule is COCCOCC(O)CSCC(NC(C)=O)C(=O)O. The molecule has 0 radical (unpaired) electrons. The number of ether oxygens (including phenoxy) is 2. The fourth-order valence-corrected chi connectivity index (χ4v) is 2.12. The minimum atomic E-state index is -1.09. The van der Waals surface area contributed by atoms with Gasteiger partial charge in [-0.15, -0.1) is 0 Å². The first-order chi connectivity index (χ1) is 8.97. The normalized spacial score (nSPS) is 13.8. The smallest absolute Gasteiger partial charge is 0.327 e. The molecule has 2 unspecified atom stereocenters. The molecular formula is C11H21NO6S. The average Bonchev–Trinajstić information content (AvgIpc) is 2.33. The highest BCUT2D eigenvalue weighted by Gasteiger charge is 2.18. The lowest BCUT2D eigenvalue weighted by Crippen LogP contribution is -2.41. The van der Waals surface area contributed by atoms with E-state index in [1.54, 1.807) is 7.11 Å². The Morgan fingerprint density at radius 3 is 2.53 bits per heavy atom. The molecule has 0 aromatic carbocycles. The molecule has 0 rings (SSSR count). The second kappa shape index (κ2) is 11.0. The van der Waals surface area contributed by atoms with Crippen LogP contribution in [0, 0.1) is 0 Å². The Labute approximate surface area is 116 Å². The molecule has 0 aliphatic rings. The van der Waals surface area contributed by atoms with Gasteiger partial charge in [-0.25, -0.2) is 4.79 Å². The summed E-state index contributed by atoms with van der Waals surface area (Å²) in [7, 11) is 1.56. The van der Waals surface area contributed by atoms with Gasteiger partial charge >= 0.3 is 5.97 Å². The average molecular weight is 295 g/mol. The lowest BCUT2D eigenvalue weighted by atomic mass is 10.3. The van der Waals surface area contributed by atoms with Crippen LogP contribution in [0.5, 0.6) is 0 Å². The van der Waals surface area contributed by atoms with Crippen molar-refractivity contribution in [2.45, 2.75) is 19.1 Å². The summed E-state index contributed by atoms with van der Waals surface area (Å²) in [5.74, 6) is -0.939. The van der Waals surface area contributed by atoms with Crippen LogP contribution in [0.25, 0.3) is 0 Å². The number of methoxy groups -OCH3 is 1. The van der Waals surface area contributed by atoms with Crippen LogP contribution < -0.4 is 5.32 Å². The maximum atomic E-state index is 10.8. The zero-order valence-electron chi connectivity index (χ0n) is 11.1. The van der Waals surface area contributed by atoms with Crippen LogP contribution in [0.2, 0.25) is 0 Å². The second-order valence-electron chi connectivity index (χ2n) is 3.85. The maximum absolute atomic E-state index is 10.8. The third-order valence-electron chi connectivity index (χ3n) is 2.01. The zero-order chi connectivity index (χ0) is 14.7. The van der Waals surface area contributed by atoms with Crippen LogP contribution in [-0.4, -0.2) is 72.7 Å². The topological polar surface area (TPSA) is 105 Å². The summed E-state index contributed by atoms with van der Waals surface area (Å²) >= 11 is 1.25. The highest BCUT2D eigenvalue weighted by Crippen LogP contribution is 2.06. The quantitative estimate of drug-likeness (QED) is 0.434. The van der Waals surface area contributed by atoms with Gasteiger partial charge in [0.25, 0.3) is 0 Å². The number of carbonyl (C=O) groups excluding carboxylic acids is 1. The van der Waals surface area contributed by atoms with E-state index in [4.69, 9.17) is 14.6 Å². The summed E-state index contributed by atoms with van der Waals surface area (Å²) in [6.45, 7) is 2.30. The molecule has 0 aromatic rings. The van der Waals surface area contributed by atoms with Gasteiger partial charge in [-0.1, -0.05) is 0 Å². The molecule has 0 aliphatic carbocycles. The number of aliphatic hydroxyl groups excluding tert-OH is 1. The van der Waals surface area contributed by atoms with E-state index in [1.165, 1.54) is 18.7 Å². The largest absolute Gasteiger partial charge is 0.480 e. The summed E-state index contributed by atoms with van der Waals surface area (Å²) < 4.78 is 9.91. The van der Waals surface area contributed by atoms with Gasteiger partial charge in [0.2, 0.25) is 5.91 Å². The Bertz CT molecular complexity index is 276. The van der Waals surface area contributed by atoms with E-state index in [2.05, 4.69) is 5.32 Å². The number of nitrogens with one attached hydrogen (secondary N) is 1. The Balaban J connectivity index is 3.73. The van der Waals surface area contributed by atoms with Gasteiger partial charge in [0, 0.05) is 25.5 Å². The molecule has 0 fully saturated rings. The van der Waals surface area contributed by atoms with Gasteiger partial charge in [0.05, 0.1) is 25.9 Å². The number of thioether (sulfide) groups is 1. The van der Waals surface area contributed by atoms with Gasteiger partial charge in [0.15, 0.2) is 0 Å². The van der Waals surface area contributed by atoms with Crippen molar-refractivity contribution in [1.82, 2.24) is 5.32 Å². The summed E-state index contributed by atoms with van der Waals surface area (Å²) in [6, 6.07) is -0.941. The van der Waals surface area contributed by atoms with Crippen molar-refractivity contribution in [2.24, 2.45) is 0 Å². The number of aliphatic hydroxyl groups is 1. The van der Waals surface area contributed by atoms with Gasteiger partial charge in [-0.2, -0.15) is 11.8 Å². The molecule has 0 aromatic heterocycles. The molecule has 112 valence electrons. The van der Waals surface area contributed by atoms with Crippen molar-refractivity contribution in [3.8, 4) is 0 Å². The Kier molecular flexibility index (Phi) is 10.6. The van der Waals surface area contributed by atoms with E-state index in [0.717, 1.165) is 0 Å². The second-order valence-corrected chi connectivity index (χ2v) is 4.93. The molecule has 0 heterocycles. The summed E-state index contributed by atoms with van der Waals surface area (Å²) in [5.41, 5.74) is 0. The minimum Gasteiger partial charge on any atom is -0.480 e. The predicted molar refractivity (Wildman–Crippen MR) is 71.3 cm³/mol. The van der Waals surface area contributed by atoms with Crippen molar-refractivity contribution in [3.63, 3.8) is 0 Å². The van der Waals surface area contributed by atoms with Crippen molar-refractivity contribution in [3.05, 3.63) is 0 Å². The van der Waals surface area contributed by atoms with E-state index in [0.29, 0.717) is 19.0 Å². The molecule has 2 atom stereocenters. The highest BCUT2D eigenvalue weighted by atomic mass is 32.2. The Hall–Kier alpha value is -0.830. The van der Waals surface area contributed by atoms with Crippen LogP contribution in [0.3, 0.4) is 0 Å². The van der Waals surface area contributed by atoms with E-state index in [1.807, 2.05) is 0 Å². The number of aliphatic carboxylic acids is 1. The number of carboxylic acids is 1. The number of carboxylic acid groups (broad SMARTS) is 1. The van der Waals surface area contributed by atoms with Crippen LogP contribution in [0.15, 0.2) is 0 Å². The molecular weight excluding hydrogens is 274 g/mol. The Morgan fingerprint density at radius 2 is 2.00 bits per heavy atom. The van der Waals surface area contributed by atoms with Crippen LogP contribution >= 0.6 is 11.8 Å². The van der Waals surface area contributed by atoms with E-state index in [-0.39, 0.29) is 12.4 Å². The fourth-order valence-electron chi connectivity index (χ4n) is 1.15. The first-order valence-electron chi connectivity index (χ1n) is 5.79. The monoisotopic (exact) mass is 295 g/mol. The van der Waals surface area contributed by atoms with E-state index in [9.17, 15) is 14.7 Å². The molecule has 0 aliphatic heterocycles. The van der Waals surface area contributed by atoms with Crippen molar-refractivity contribution in [2.75, 3.05) is 38.4 Å². The highest BCUT2D eigenvalue weighted by molar-refractivity contribution is 7.99. The summed E-state index contributed by atoms with van der Waals surface area (Å²) in [4.78, 5) is 21.6. The first-order valence-corrected chi connectivity index (χ1v) is 6.95. The first kappa shape index (κ1) is 18.2. The zero-order valence-corrected chi connectivity index (χ0v) is 11.9. The third kappa shape index (κ3) is 10.8. The van der Waals surface area contributed by atoms with Crippen LogP contribution in [0.1, 0.15) is 6.92 Å². The predicted octanol–water partition coefficient (Wildman–Crippen LogP) is -0.667. The number of carbonyl (C=O) groups is 2. The molecule has 0 saturated heterocycles. The molecule has 0 bridgehead atoms. The van der Waals surface area contributed by atoms with Crippen LogP contribution in [-0.2, 0) is 19.1 Å².